The van der Waals surface area contributed by atoms with Crippen LogP contribution in [0.5, 0.6) is 0 Å². The Morgan fingerprint density at radius 3 is 2.13 bits per heavy atom. The third-order valence-electron chi connectivity index (χ3n) is 3.23. The Labute approximate surface area is 96.0 Å². The van der Waals surface area contributed by atoms with E-state index in [1.807, 2.05) is 0 Å². The Balaban J connectivity index is 2.16. The van der Waals surface area contributed by atoms with E-state index >= 15 is 0 Å². The van der Waals surface area contributed by atoms with E-state index in [4.69, 9.17) is 0 Å². The van der Waals surface area contributed by atoms with E-state index in [1.165, 1.54) is 38.6 Å². The molecule has 0 amide bonds. The number of hydrogen-bond donors (Lipinski definition) is 1. The third-order valence-corrected chi connectivity index (χ3v) is 3.23. The minimum Gasteiger partial charge on any atom is -0.314 e. The monoisotopic (exact) mass is 211 g/mol. The fourth-order valence-electron chi connectivity index (χ4n) is 2.16. The van der Waals surface area contributed by atoms with Crippen molar-refractivity contribution in [2.24, 2.45) is 17.8 Å². The molecule has 1 nitrogen and oxygen atoms in total. The zero-order valence-electron chi connectivity index (χ0n) is 11.1. The van der Waals surface area contributed by atoms with Gasteiger partial charge in [0.05, 0.1) is 0 Å². The summed E-state index contributed by atoms with van der Waals surface area (Å²) in [5.41, 5.74) is 0. The molecule has 0 saturated heterocycles. The topological polar surface area (TPSA) is 12.0 Å². The van der Waals surface area contributed by atoms with E-state index in [0.29, 0.717) is 0 Å². The molecule has 0 heterocycles. The van der Waals surface area contributed by atoms with Crippen LogP contribution in [0.4, 0.5) is 0 Å². The maximum atomic E-state index is 3.69. The first-order valence-electron chi connectivity index (χ1n) is 6.81. The first-order valence-corrected chi connectivity index (χ1v) is 6.81. The quantitative estimate of drug-likeness (QED) is 0.643. The number of hydrogen-bond acceptors (Lipinski definition) is 1. The van der Waals surface area contributed by atoms with Crippen molar-refractivity contribution in [2.75, 3.05) is 6.54 Å². The molecule has 1 fully saturated rings. The Kier molecular flexibility index (Phi) is 5.66. The van der Waals surface area contributed by atoms with Gasteiger partial charge in [-0.2, -0.15) is 0 Å². The molecular formula is C14H29N. The molecule has 90 valence electrons. The second-order valence-corrected chi connectivity index (χ2v) is 6.15. The predicted molar refractivity (Wildman–Crippen MR) is 68.0 cm³/mol. The van der Waals surface area contributed by atoms with Gasteiger partial charge in [0.1, 0.15) is 0 Å². The van der Waals surface area contributed by atoms with Crippen molar-refractivity contribution in [2.45, 2.75) is 65.8 Å². The van der Waals surface area contributed by atoms with Gasteiger partial charge in [-0.15, -0.1) is 0 Å². The van der Waals surface area contributed by atoms with Crippen LogP contribution in [-0.2, 0) is 0 Å². The molecule has 15 heavy (non-hydrogen) atoms. The van der Waals surface area contributed by atoms with Gasteiger partial charge < -0.3 is 5.32 Å². The smallest absolute Gasteiger partial charge is 0.00683 e. The summed E-state index contributed by atoms with van der Waals surface area (Å²) < 4.78 is 0. The van der Waals surface area contributed by atoms with Crippen LogP contribution in [0.3, 0.4) is 0 Å². The van der Waals surface area contributed by atoms with E-state index in [0.717, 1.165) is 23.8 Å². The highest BCUT2D eigenvalue weighted by Gasteiger charge is 2.22. The van der Waals surface area contributed by atoms with Crippen LogP contribution in [0.1, 0.15) is 59.8 Å². The molecule has 1 heteroatoms. The van der Waals surface area contributed by atoms with Crippen LogP contribution in [0.25, 0.3) is 0 Å². The molecule has 0 aliphatic heterocycles. The Hall–Kier alpha value is -0.0400. The highest BCUT2D eigenvalue weighted by molar-refractivity contribution is 4.82. The maximum Gasteiger partial charge on any atom is 0.00683 e. The minimum absolute atomic E-state index is 0.850. The second kappa shape index (κ2) is 6.52. The Morgan fingerprint density at radius 2 is 1.67 bits per heavy atom. The average Bonchev–Trinajstić information content (AvgIpc) is 2.92. The molecule has 0 radical (unpaired) electrons. The standard InChI is InChI=1S/C14H29N/c1-11(2)5-6-13(9-12(3)4)10-15-14-7-8-14/h11-15H,5-10H2,1-4H3. The zero-order valence-corrected chi connectivity index (χ0v) is 11.1. The van der Waals surface area contributed by atoms with E-state index in [1.54, 1.807) is 0 Å². The molecule has 0 aromatic rings. The van der Waals surface area contributed by atoms with Gasteiger partial charge in [0.25, 0.3) is 0 Å². The van der Waals surface area contributed by atoms with Crippen LogP contribution in [0.2, 0.25) is 0 Å². The lowest BCUT2D eigenvalue weighted by Crippen LogP contribution is -2.26. The average molecular weight is 211 g/mol. The van der Waals surface area contributed by atoms with Crippen LogP contribution in [0.15, 0.2) is 0 Å². The van der Waals surface area contributed by atoms with Gasteiger partial charge >= 0.3 is 0 Å². The third kappa shape index (κ3) is 6.94. The van der Waals surface area contributed by atoms with Crippen LogP contribution in [-0.4, -0.2) is 12.6 Å². The van der Waals surface area contributed by atoms with Crippen molar-refractivity contribution in [3.63, 3.8) is 0 Å². The lowest BCUT2D eigenvalue weighted by molar-refractivity contribution is 0.340. The summed E-state index contributed by atoms with van der Waals surface area (Å²) in [7, 11) is 0. The summed E-state index contributed by atoms with van der Waals surface area (Å²) in [6.45, 7) is 10.6. The Bertz CT molecular complexity index is 153. The van der Waals surface area contributed by atoms with Crippen LogP contribution < -0.4 is 5.32 Å². The minimum atomic E-state index is 0.850. The summed E-state index contributed by atoms with van der Waals surface area (Å²) in [6, 6.07) is 0.874. The van der Waals surface area contributed by atoms with Gasteiger partial charge in [0.2, 0.25) is 0 Å². The van der Waals surface area contributed by atoms with Crippen molar-refractivity contribution >= 4 is 0 Å². The largest absolute Gasteiger partial charge is 0.314 e. The van der Waals surface area contributed by atoms with Gasteiger partial charge in [-0.05, 0) is 50.0 Å². The molecule has 0 bridgehead atoms. The first-order chi connectivity index (χ1) is 7.08. The highest BCUT2D eigenvalue weighted by Crippen LogP contribution is 2.23. The molecule has 0 spiro atoms. The summed E-state index contributed by atoms with van der Waals surface area (Å²) in [5.74, 6) is 2.62. The van der Waals surface area contributed by atoms with E-state index < -0.39 is 0 Å². The summed E-state index contributed by atoms with van der Waals surface area (Å²) in [6.07, 6.45) is 7.03. The van der Waals surface area contributed by atoms with Gasteiger partial charge in [0, 0.05) is 6.04 Å². The van der Waals surface area contributed by atoms with Crippen molar-refractivity contribution < 1.29 is 0 Å². The van der Waals surface area contributed by atoms with E-state index in [9.17, 15) is 0 Å². The molecular weight excluding hydrogens is 182 g/mol. The molecule has 1 unspecified atom stereocenters. The molecule has 1 aliphatic carbocycles. The molecule has 1 N–H and O–H groups in total. The van der Waals surface area contributed by atoms with Gasteiger partial charge in [0.15, 0.2) is 0 Å². The van der Waals surface area contributed by atoms with Crippen LogP contribution >= 0.6 is 0 Å². The van der Waals surface area contributed by atoms with Crippen molar-refractivity contribution in [1.29, 1.82) is 0 Å². The maximum absolute atomic E-state index is 3.69. The fraction of sp³-hybridized carbons (Fsp3) is 1.00. The van der Waals surface area contributed by atoms with Crippen LogP contribution in [0, 0.1) is 17.8 Å². The van der Waals surface area contributed by atoms with Gasteiger partial charge in [-0.25, -0.2) is 0 Å². The number of rotatable bonds is 8. The molecule has 0 aromatic heterocycles. The summed E-state index contributed by atoms with van der Waals surface area (Å²) in [4.78, 5) is 0. The second-order valence-electron chi connectivity index (χ2n) is 6.15. The van der Waals surface area contributed by atoms with Crippen molar-refractivity contribution in [1.82, 2.24) is 5.32 Å². The summed E-state index contributed by atoms with van der Waals surface area (Å²) in [5, 5.41) is 3.69. The zero-order chi connectivity index (χ0) is 11.3. The lowest BCUT2D eigenvalue weighted by atomic mass is 9.90. The van der Waals surface area contributed by atoms with Gasteiger partial charge in [-0.3, -0.25) is 0 Å². The Morgan fingerprint density at radius 1 is 1.00 bits per heavy atom. The summed E-state index contributed by atoms with van der Waals surface area (Å²) >= 11 is 0. The molecule has 1 rings (SSSR count). The lowest BCUT2D eigenvalue weighted by Gasteiger charge is -2.20. The molecule has 1 aliphatic rings. The number of nitrogens with one attached hydrogen (secondary N) is 1. The normalized spacial score (nSPS) is 18.8. The predicted octanol–water partition coefficient (Wildman–Crippen LogP) is 3.84. The van der Waals surface area contributed by atoms with E-state index in [2.05, 4.69) is 33.0 Å². The van der Waals surface area contributed by atoms with E-state index in [-0.39, 0.29) is 0 Å². The van der Waals surface area contributed by atoms with Gasteiger partial charge in [-0.1, -0.05) is 34.1 Å². The SMILES string of the molecule is CC(C)CCC(CNC1CC1)CC(C)C. The van der Waals surface area contributed by atoms with Crippen molar-refractivity contribution in [3.8, 4) is 0 Å². The molecule has 0 aromatic carbocycles. The van der Waals surface area contributed by atoms with Crippen molar-refractivity contribution in [3.05, 3.63) is 0 Å². The fourth-order valence-corrected chi connectivity index (χ4v) is 2.16. The molecule has 1 atom stereocenters. The molecule has 1 saturated carbocycles. The first kappa shape index (κ1) is 13.0. The highest BCUT2D eigenvalue weighted by atomic mass is 14.9.